The molecule has 1 aliphatic heterocycles. The number of carbonyl (C=O) groups excluding carboxylic acids is 1. The second-order valence-electron chi connectivity index (χ2n) is 10.9. The minimum atomic E-state index is -3.69. The predicted molar refractivity (Wildman–Crippen MR) is 137 cm³/mol. The van der Waals surface area contributed by atoms with Crippen molar-refractivity contribution in [3.63, 3.8) is 0 Å². The molecule has 0 unspecified atom stereocenters. The number of hydrogen-bond donors (Lipinski definition) is 1. The molecule has 1 atom stereocenters. The van der Waals surface area contributed by atoms with E-state index in [9.17, 15) is 13.2 Å². The first-order chi connectivity index (χ1) is 16.4. The third kappa shape index (κ3) is 7.54. The molecule has 0 aliphatic carbocycles. The average Bonchev–Trinajstić information content (AvgIpc) is 3.38. The van der Waals surface area contributed by atoms with Crippen LogP contribution in [0.5, 0.6) is 0 Å². The first-order valence-electron chi connectivity index (χ1n) is 12.4. The van der Waals surface area contributed by atoms with Crippen LogP contribution >= 0.6 is 0 Å². The van der Waals surface area contributed by atoms with Gasteiger partial charge in [-0.05, 0) is 57.6 Å². The first-order valence-corrected chi connectivity index (χ1v) is 14.0. The molecular weight excluding hydrogens is 464 g/mol. The summed E-state index contributed by atoms with van der Waals surface area (Å²) in [7, 11) is -3.69. The Balaban J connectivity index is 1.93. The summed E-state index contributed by atoms with van der Waals surface area (Å²) in [4.78, 5) is 19.3. The fraction of sp³-hybridized carbons (Fsp3) is 0.615. The lowest BCUT2D eigenvalue weighted by Gasteiger charge is -2.30. The van der Waals surface area contributed by atoms with E-state index in [1.54, 1.807) is 15.7 Å². The zero-order chi connectivity index (χ0) is 25.8. The maximum Gasteiger partial charge on any atom is 0.318 e. The number of nitrogens with zero attached hydrogens (tertiary/aromatic N) is 3. The number of hydrogen-bond acceptors (Lipinski definition) is 5. The van der Waals surface area contributed by atoms with Crippen LogP contribution in [0.25, 0.3) is 0 Å². The number of nitrogens with one attached hydrogen (secondary N) is 1. The monoisotopic (exact) mass is 504 g/mol. The van der Waals surface area contributed by atoms with Gasteiger partial charge in [0.25, 0.3) is 0 Å². The molecule has 2 heterocycles. The number of imidazole rings is 1. The van der Waals surface area contributed by atoms with Gasteiger partial charge in [-0.2, -0.15) is 0 Å². The van der Waals surface area contributed by atoms with Gasteiger partial charge in [0.05, 0.1) is 30.3 Å². The molecule has 1 saturated heterocycles. The van der Waals surface area contributed by atoms with Crippen LogP contribution in [0.15, 0.2) is 35.6 Å². The second kappa shape index (κ2) is 11.1. The number of aryl methyl sites for hydroxylation is 1. The zero-order valence-electron chi connectivity index (χ0n) is 21.9. The molecule has 1 N–H and O–H groups in total. The van der Waals surface area contributed by atoms with Crippen molar-refractivity contribution in [1.82, 2.24) is 19.8 Å². The van der Waals surface area contributed by atoms with Crippen LogP contribution in [-0.4, -0.2) is 53.7 Å². The van der Waals surface area contributed by atoms with Gasteiger partial charge in [0, 0.05) is 25.2 Å². The van der Waals surface area contributed by atoms with E-state index in [1.165, 1.54) is 0 Å². The maximum absolute atomic E-state index is 13.5. The highest BCUT2D eigenvalue weighted by atomic mass is 32.2. The van der Waals surface area contributed by atoms with Gasteiger partial charge in [0.2, 0.25) is 15.0 Å². The molecule has 0 radical (unpaired) electrons. The smallest absolute Gasteiger partial charge is 0.318 e. The van der Waals surface area contributed by atoms with Gasteiger partial charge in [-0.1, -0.05) is 38.1 Å². The van der Waals surface area contributed by atoms with Crippen molar-refractivity contribution >= 4 is 15.9 Å². The van der Waals surface area contributed by atoms with Crippen LogP contribution in [0, 0.1) is 12.8 Å². The van der Waals surface area contributed by atoms with Crippen LogP contribution < -0.4 is 5.32 Å². The lowest BCUT2D eigenvalue weighted by atomic mass is 10.1. The Hall–Kier alpha value is -2.39. The fourth-order valence-corrected chi connectivity index (χ4v) is 5.82. The largest absolute Gasteiger partial charge is 0.376 e. The third-order valence-electron chi connectivity index (χ3n) is 5.90. The standard InChI is InChI=1S/C26H40N4O4S/c1-19(2)15-30-22(14-27-25(30)35(32,33)18-21-11-8-7-10-20(21)3)16-29(17-23-12-9-13-34-23)24(31)28-26(4,5)6/h7-8,10-11,14,19,23H,9,12-13,15-18H2,1-6H3,(H,28,31)/t23-/m1/s1. The van der Waals surface area contributed by atoms with E-state index in [2.05, 4.69) is 10.3 Å². The maximum atomic E-state index is 13.5. The Morgan fingerprint density at radius 3 is 2.60 bits per heavy atom. The van der Waals surface area contributed by atoms with Crippen molar-refractivity contribution < 1.29 is 17.9 Å². The van der Waals surface area contributed by atoms with Gasteiger partial charge in [-0.15, -0.1) is 0 Å². The third-order valence-corrected chi connectivity index (χ3v) is 7.48. The minimum absolute atomic E-state index is 0.0218. The highest BCUT2D eigenvalue weighted by Gasteiger charge is 2.29. The summed E-state index contributed by atoms with van der Waals surface area (Å²) in [5.74, 6) is 0.0867. The molecule has 1 aromatic heterocycles. The molecule has 2 aromatic rings. The van der Waals surface area contributed by atoms with Gasteiger partial charge < -0.3 is 19.5 Å². The van der Waals surface area contributed by atoms with Crippen LogP contribution in [-0.2, 0) is 33.4 Å². The summed E-state index contributed by atoms with van der Waals surface area (Å²) in [6.45, 7) is 13.7. The van der Waals surface area contributed by atoms with Crippen LogP contribution in [0.4, 0.5) is 4.79 Å². The van der Waals surface area contributed by atoms with Gasteiger partial charge in [-0.3, -0.25) is 0 Å². The van der Waals surface area contributed by atoms with E-state index in [1.807, 2.05) is 65.8 Å². The number of sulfone groups is 1. The van der Waals surface area contributed by atoms with E-state index in [0.717, 1.165) is 24.0 Å². The number of amides is 2. The van der Waals surface area contributed by atoms with Crippen molar-refractivity contribution in [1.29, 1.82) is 0 Å². The van der Waals surface area contributed by atoms with Crippen molar-refractivity contribution in [2.24, 2.45) is 5.92 Å². The number of urea groups is 1. The Kier molecular flexibility index (Phi) is 8.64. The highest BCUT2D eigenvalue weighted by Crippen LogP contribution is 2.23. The van der Waals surface area contributed by atoms with Crippen LogP contribution in [0.1, 0.15) is 64.3 Å². The fourth-order valence-electron chi connectivity index (χ4n) is 4.22. The average molecular weight is 505 g/mol. The van der Waals surface area contributed by atoms with Gasteiger partial charge in [-0.25, -0.2) is 18.2 Å². The van der Waals surface area contributed by atoms with E-state index in [0.29, 0.717) is 25.4 Å². The molecule has 1 aromatic carbocycles. The van der Waals surface area contributed by atoms with Crippen molar-refractivity contribution in [2.75, 3.05) is 13.2 Å². The summed E-state index contributed by atoms with van der Waals surface area (Å²) in [5.41, 5.74) is 1.99. The minimum Gasteiger partial charge on any atom is -0.376 e. The summed E-state index contributed by atoms with van der Waals surface area (Å²) in [5, 5.41) is 3.09. The Labute approximate surface area is 210 Å². The van der Waals surface area contributed by atoms with Gasteiger partial charge in [0.1, 0.15) is 0 Å². The molecule has 1 aliphatic rings. The Morgan fingerprint density at radius 1 is 1.29 bits per heavy atom. The van der Waals surface area contributed by atoms with Crippen molar-refractivity contribution in [3.05, 3.63) is 47.3 Å². The molecule has 1 fully saturated rings. The summed E-state index contributed by atoms with van der Waals surface area (Å²) in [6.07, 6.45) is 3.46. The molecule has 2 amide bonds. The van der Waals surface area contributed by atoms with Crippen molar-refractivity contribution in [2.45, 2.75) is 90.0 Å². The van der Waals surface area contributed by atoms with E-state index < -0.39 is 15.4 Å². The Bertz CT molecular complexity index is 1110. The molecule has 0 bridgehead atoms. The summed E-state index contributed by atoms with van der Waals surface area (Å²) >= 11 is 0. The lowest BCUT2D eigenvalue weighted by Crippen LogP contribution is -2.50. The predicted octanol–water partition coefficient (Wildman–Crippen LogP) is 4.31. The van der Waals surface area contributed by atoms with E-state index in [-0.39, 0.29) is 35.5 Å². The number of rotatable bonds is 9. The number of aromatic nitrogens is 2. The molecule has 9 heteroatoms. The molecule has 3 rings (SSSR count). The zero-order valence-corrected chi connectivity index (χ0v) is 22.7. The lowest BCUT2D eigenvalue weighted by molar-refractivity contribution is 0.0774. The SMILES string of the molecule is Cc1ccccc1CS(=O)(=O)c1ncc(CN(C[C@H]2CCCO2)C(=O)NC(C)(C)C)n1CC(C)C. The number of benzene rings is 1. The number of ether oxygens (including phenoxy) is 1. The summed E-state index contributed by atoms with van der Waals surface area (Å²) < 4.78 is 34.5. The van der Waals surface area contributed by atoms with E-state index in [4.69, 9.17) is 4.74 Å². The summed E-state index contributed by atoms with van der Waals surface area (Å²) in [6, 6.07) is 7.29. The highest BCUT2D eigenvalue weighted by molar-refractivity contribution is 7.90. The first kappa shape index (κ1) is 27.2. The molecule has 194 valence electrons. The van der Waals surface area contributed by atoms with Crippen molar-refractivity contribution in [3.8, 4) is 0 Å². The van der Waals surface area contributed by atoms with Crippen LogP contribution in [0.2, 0.25) is 0 Å². The molecule has 35 heavy (non-hydrogen) atoms. The Morgan fingerprint density at radius 2 is 2.00 bits per heavy atom. The normalized spacial score (nSPS) is 16.6. The topological polar surface area (TPSA) is 93.5 Å². The van der Waals surface area contributed by atoms with Crippen LogP contribution in [0.3, 0.4) is 0 Å². The molecular formula is C26H40N4O4S. The molecule has 0 saturated carbocycles. The molecule has 0 spiro atoms. The van der Waals surface area contributed by atoms with Gasteiger partial charge >= 0.3 is 6.03 Å². The molecule has 8 nitrogen and oxygen atoms in total. The quantitative estimate of drug-likeness (QED) is 0.549. The number of carbonyl (C=O) groups is 1. The van der Waals surface area contributed by atoms with E-state index >= 15 is 0 Å². The second-order valence-corrected chi connectivity index (χ2v) is 12.8. The van der Waals surface area contributed by atoms with Gasteiger partial charge in [0.15, 0.2) is 0 Å².